The second-order valence-corrected chi connectivity index (χ2v) is 6.40. The summed E-state index contributed by atoms with van der Waals surface area (Å²) in [6, 6.07) is 0. The highest BCUT2D eigenvalue weighted by Crippen LogP contribution is 2.29. The molecule has 0 bridgehead atoms. The first-order valence-corrected chi connectivity index (χ1v) is 6.81. The van der Waals surface area contributed by atoms with Crippen molar-refractivity contribution in [2.75, 3.05) is 25.1 Å². The third-order valence-corrected chi connectivity index (χ3v) is 4.76. The number of hydrogen-bond donors (Lipinski definition) is 1. The molecule has 1 rings (SSSR count). The zero-order chi connectivity index (χ0) is 10.8. The fraction of sp³-hybridized carbons (Fsp3) is 0.800. The molecule has 1 fully saturated rings. The quantitative estimate of drug-likeness (QED) is 0.712. The predicted molar refractivity (Wildman–Crippen MR) is 59.0 cm³/mol. The predicted octanol–water partition coefficient (Wildman–Crippen LogP) is 0.833. The summed E-state index contributed by atoms with van der Waals surface area (Å²) in [6.07, 6.45) is 0.740. The van der Waals surface area contributed by atoms with Crippen molar-refractivity contribution < 1.29 is 8.42 Å². The van der Waals surface area contributed by atoms with E-state index in [2.05, 4.69) is 11.9 Å². The van der Waals surface area contributed by atoms with Crippen LogP contribution in [-0.2, 0) is 9.84 Å². The summed E-state index contributed by atoms with van der Waals surface area (Å²) in [5.74, 6) is 1.23. The third-order valence-electron chi connectivity index (χ3n) is 2.87. The van der Waals surface area contributed by atoms with Crippen molar-refractivity contribution in [2.24, 2.45) is 11.8 Å². The van der Waals surface area contributed by atoms with E-state index < -0.39 is 9.84 Å². The summed E-state index contributed by atoms with van der Waals surface area (Å²) >= 11 is 0. The topological polar surface area (TPSA) is 46.2 Å². The van der Waals surface area contributed by atoms with Gasteiger partial charge < -0.3 is 5.32 Å². The molecule has 1 aliphatic heterocycles. The molecule has 0 aromatic heterocycles. The van der Waals surface area contributed by atoms with E-state index in [0.29, 0.717) is 17.4 Å². The van der Waals surface area contributed by atoms with E-state index in [1.807, 2.05) is 14.0 Å². The second-order valence-electron chi connectivity index (χ2n) is 4.18. The third kappa shape index (κ3) is 2.82. The van der Waals surface area contributed by atoms with Gasteiger partial charge in [-0.1, -0.05) is 19.1 Å². The molecule has 1 aliphatic rings. The molecule has 2 atom stereocenters. The molecule has 0 saturated carbocycles. The largest absolute Gasteiger partial charge is 0.316 e. The lowest BCUT2D eigenvalue weighted by Gasteiger charge is -2.30. The Labute approximate surface area is 86.5 Å². The fourth-order valence-corrected chi connectivity index (χ4v) is 3.97. The highest BCUT2D eigenvalue weighted by molar-refractivity contribution is 7.91. The molecule has 0 aromatic rings. The maximum absolute atomic E-state index is 11.3. The molecule has 14 heavy (non-hydrogen) atoms. The van der Waals surface area contributed by atoms with E-state index in [-0.39, 0.29) is 5.92 Å². The molecule has 1 saturated heterocycles. The molecule has 2 unspecified atom stereocenters. The van der Waals surface area contributed by atoms with E-state index in [1.165, 1.54) is 0 Å². The Bertz CT molecular complexity index is 308. The van der Waals surface area contributed by atoms with Crippen LogP contribution in [-0.4, -0.2) is 33.5 Å². The molecule has 1 N–H and O–H groups in total. The van der Waals surface area contributed by atoms with Crippen molar-refractivity contribution in [1.29, 1.82) is 0 Å². The maximum Gasteiger partial charge on any atom is 0.150 e. The van der Waals surface area contributed by atoms with Gasteiger partial charge in [0.1, 0.15) is 0 Å². The summed E-state index contributed by atoms with van der Waals surface area (Å²) in [5, 5.41) is 3.06. The molecule has 4 heteroatoms. The van der Waals surface area contributed by atoms with Crippen LogP contribution < -0.4 is 5.32 Å². The first-order valence-electron chi connectivity index (χ1n) is 4.99. The summed E-state index contributed by atoms with van der Waals surface area (Å²) in [7, 11) is -0.891. The summed E-state index contributed by atoms with van der Waals surface area (Å²) in [5.41, 5.74) is 1.13. The van der Waals surface area contributed by atoms with Crippen molar-refractivity contribution in [1.82, 2.24) is 5.32 Å². The molecule has 0 aliphatic carbocycles. The van der Waals surface area contributed by atoms with Crippen LogP contribution in [0.25, 0.3) is 0 Å². The first kappa shape index (κ1) is 11.7. The van der Waals surface area contributed by atoms with Crippen molar-refractivity contribution in [2.45, 2.75) is 13.3 Å². The lowest BCUT2D eigenvalue weighted by molar-refractivity contribution is 0.402. The van der Waals surface area contributed by atoms with E-state index in [4.69, 9.17) is 0 Å². The van der Waals surface area contributed by atoms with Crippen molar-refractivity contribution >= 4 is 9.84 Å². The van der Waals surface area contributed by atoms with Gasteiger partial charge in [0.15, 0.2) is 9.84 Å². The molecule has 3 nitrogen and oxygen atoms in total. The Morgan fingerprint density at radius 2 is 2.21 bits per heavy atom. The SMILES string of the molecule is C=C(CNC)C1CCS(=O)(=O)CC1C. The molecular weight excluding hydrogens is 198 g/mol. The molecular formula is C10H19NO2S. The van der Waals surface area contributed by atoms with Crippen LogP contribution in [0.15, 0.2) is 12.2 Å². The van der Waals surface area contributed by atoms with Crippen LogP contribution in [0.1, 0.15) is 13.3 Å². The van der Waals surface area contributed by atoms with Gasteiger partial charge in [-0.05, 0) is 25.3 Å². The number of hydrogen-bond acceptors (Lipinski definition) is 3. The van der Waals surface area contributed by atoms with Crippen LogP contribution >= 0.6 is 0 Å². The average molecular weight is 217 g/mol. The highest BCUT2D eigenvalue weighted by atomic mass is 32.2. The number of nitrogens with one attached hydrogen (secondary N) is 1. The van der Waals surface area contributed by atoms with Crippen LogP contribution in [0, 0.1) is 11.8 Å². The van der Waals surface area contributed by atoms with E-state index >= 15 is 0 Å². The van der Waals surface area contributed by atoms with Gasteiger partial charge in [-0.3, -0.25) is 0 Å². The normalized spacial score (nSPS) is 31.3. The van der Waals surface area contributed by atoms with Gasteiger partial charge in [0.25, 0.3) is 0 Å². The average Bonchev–Trinajstić information content (AvgIpc) is 2.02. The van der Waals surface area contributed by atoms with Crippen molar-refractivity contribution in [3.8, 4) is 0 Å². The van der Waals surface area contributed by atoms with E-state index in [0.717, 1.165) is 18.5 Å². The van der Waals surface area contributed by atoms with Gasteiger partial charge in [-0.15, -0.1) is 0 Å². The Kier molecular flexibility index (Phi) is 3.72. The number of likely N-dealkylation sites (N-methyl/N-ethyl adjacent to an activating group) is 1. The monoisotopic (exact) mass is 217 g/mol. The van der Waals surface area contributed by atoms with Gasteiger partial charge in [0.05, 0.1) is 11.5 Å². The van der Waals surface area contributed by atoms with Crippen LogP contribution in [0.2, 0.25) is 0 Å². The highest BCUT2D eigenvalue weighted by Gasteiger charge is 2.31. The Balaban J connectivity index is 2.62. The van der Waals surface area contributed by atoms with Crippen LogP contribution in [0.4, 0.5) is 0 Å². The zero-order valence-corrected chi connectivity index (χ0v) is 9.73. The minimum atomic E-state index is -2.77. The van der Waals surface area contributed by atoms with Gasteiger partial charge in [-0.2, -0.15) is 0 Å². The molecule has 0 radical (unpaired) electrons. The minimum absolute atomic E-state index is 0.217. The molecule has 0 aromatic carbocycles. The van der Waals surface area contributed by atoms with Crippen LogP contribution in [0.5, 0.6) is 0 Å². The summed E-state index contributed by atoms with van der Waals surface area (Å²) in [6.45, 7) is 6.80. The first-order chi connectivity index (χ1) is 6.46. The van der Waals surface area contributed by atoms with Crippen molar-refractivity contribution in [3.63, 3.8) is 0 Å². The van der Waals surface area contributed by atoms with Gasteiger partial charge >= 0.3 is 0 Å². The Morgan fingerprint density at radius 3 is 2.71 bits per heavy atom. The standard InChI is InChI=1S/C10H19NO2S/c1-8(6-11-3)10-4-5-14(12,13)7-9(10)2/h9-11H,1,4-7H2,2-3H3. The molecule has 0 spiro atoms. The smallest absolute Gasteiger partial charge is 0.150 e. The Morgan fingerprint density at radius 1 is 1.57 bits per heavy atom. The molecule has 0 amide bonds. The Hall–Kier alpha value is -0.350. The lowest BCUT2D eigenvalue weighted by Crippen LogP contribution is -2.33. The number of rotatable bonds is 3. The van der Waals surface area contributed by atoms with E-state index in [9.17, 15) is 8.42 Å². The fourth-order valence-electron chi connectivity index (χ4n) is 2.16. The zero-order valence-electron chi connectivity index (χ0n) is 8.91. The maximum atomic E-state index is 11.3. The second kappa shape index (κ2) is 4.45. The summed E-state index contributed by atoms with van der Waals surface area (Å²) < 4.78 is 22.7. The minimum Gasteiger partial charge on any atom is -0.316 e. The number of sulfone groups is 1. The van der Waals surface area contributed by atoms with Crippen LogP contribution in [0.3, 0.4) is 0 Å². The molecule has 82 valence electrons. The lowest BCUT2D eigenvalue weighted by atomic mass is 9.86. The summed E-state index contributed by atoms with van der Waals surface area (Å²) in [4.78, 5) is 0. The van der Waals surface area contributed by atoms with Gasteiger partial charge in [0.2, 0.25) is 0 Å². The van der Waals surface area contributed by atoms with Gasteiger partial charge in [-0.25, -0.2) is 8.42 Å². The molecule has 1 heterocycles. The van der Waals surface area contributed by atoms with E-state index in [1.54, 1.807) is 0 Å². The van der Waals surface area contributed by atoms with Crippen molar-refractivity contribution in [3.05, 3.63) is 12.2 Å². The van der Waals surface area contributed by atoms with Gasteiger partial charge in [0, 0.05) is 6.54 Å².